The van der Waals surface area contributed by atoms with E-state index in [0.29, 0.717) is 26.1 Å². The van der Waals surface area contributed by atoms with Crippen LogP contribution in [0.15, 0.2) is 77.4 Å². The number of rotatable bonds is 6. The zero-order valence-corrected chi connectivity index (χ0v) is 17.7. The molecule has 0 radical (unpaired) electrons. The monoisotopic (exact) mass is 435 g/mol. The fraction of sp³-hybridized carbons (Fsp3) is 0.280. The van der Waals surface area contributed by atoms with Gasteiger partial charge in [0, 0.05) is 38.3 Å². The number of hydrogen-bond acceptors (Lipinski definition) is 4. The molecule has 1 unspecified atom stereocenters. The van der Waals surface area contributed by atoms with Crippen LogP contribution < -0.4 is 10.2 Å². The molecular formula is C25H26FN3O3. The molecule has 2 amide bonds. The second kappa shape index (κ2) is 10.1. The van der Waals surface area contributed by atoms with Crippen molar-refractivity contribution < 1.29 is 18.4 Å². The standard InChI is InChI=1S/C25H26FN3O3/c26-20-9-11-21(12-10-20)28-13-5-14-29(16-15-28)25(31)22(18-19-6-2-1-3-7-19)27-24(30)23-8-4-17-32-23/h1-4,6-12,17,22H,5,13-16,18H2,(H,27,30). The lowest BCUT2D eigenvalue weighted by Crippen LogP contribution is -2.50. The van der Waals surface area contributed by atoms with Gasteiger partial charge in [0.1, 0.15) is 11.9 Å². The molecule has 2 heterocycles. The van der Waals surface area contributed by atoms with Gasteiger partial charge >= 0.3 is 0 Å². The molecule has 166 valence electrons. The van der Waals surface area contributed by atoms with E-state index in [-0.39, 0.29) is 17.5 Å². The fourth-order valence-corrected chi connectivity index (χ4v) is 3.96. The van der Waals surface area contributed by atoms with E-state index in [1.54, 1.807) is 29.2 Å². The van der Waals surface area contributed by atoms with Crippen molar-refractivity contribution in [2.75, 3.05) is 31.1 Å². The van der Waals surface area contributed by atoms with Gasteiger partial charge in [-0.2, -0.15) is 0 Å². The number of amides is 2. The van der Waals surface area contributed by atoms with E-state index in [1.165, 1.54) is 18.4 Å². The molecule has 32 heavy (non-hydrogen) atoms. The maximum atomic E-state index is 13.5. The fourth-order valence-electron chi connectivity index (χ4n) is 3.96. The first-order chi connectivity index (χ1) is 15.6. The van der Waals surface area contributed by atoms with Gasteiger partial charge in [0.25, 0.3) is 5.91 Å². The first-order valence-corrected chi connectivity index (χ1v) is 10.8. The second-order valence-electron chi connectivity index (χ2n) is 7.84. The van der Waals surface area contributed by atoms with Gasteiger partial charge in [-0.1, -0.05) is 30.3 Å². The molecule has 3 aromatic rings. The Morgan fingerprint density at radius 1 is 0.938 bits per heavy atom. The third kappa shape index (κ3) is 5.35. The predicted molar refractivity (Wildman–Crippen MR) is 120 cm³/mol. The minimum Gasteiger partial charge on any atom is -0.459 e. The van der Waals surface area contributed by atoms with Gasteiger partial charge in [-0.15, -0.1) is 0 Å². The summed E-state index contributed by atoms with van der Waals surface area (Å²) in [6.45, 7) is 2.54. The molecule has 0 spiro atoms. The van der Waals surface area contributed by atoms with E-state index in [0.717, 1.165) is 24.2 Å². The molecule has 1 aliphatic rings. The Labute approximate surface area is 186 Å². The summed E-state index contributed by atoms with van der Waals surface area (Å²) in [7, 11) is 0. The molecule has 0 aliphatic carbocycles. The molecule has 1 atom stereocenters. The molecule has 1 aromatic heterocycles. The number of carbonyl (C=O) groups is 2. The molecule has 1 fully saturated rings. The summed E-state index contributed by atoms with van der Waals surface area (Å²) in [6.07, 6.45) is 2.61. The number of nitrogens with one attached hydrogen (secondary N) is 1. The molecule has 7 heteroatoms. The first kappa shape index (κ1) is 21.6. The van der Waals surface area contributed by atoms with Crippen LogP contribution in [0.1, 0.15) is 22.5 Å². The summed E-state index contributed by atoms with van der Waals surface area (Å²) in [5.74, 6) is -0.618. The lowest BCUT2D eigenvalue weighted by atomic mass is 10.0. The van der Waals surface area contributed by atoms with Crippen molar-refractivity contribution in [3.8, 4) is 0 Å². The molecular weight excluding hydrogens is 409 g/mol. The molecule has 0 bridgehead atoms. The molecule has 6 nitrogen and oxygen atoms in total. The SMILES string of the molecule is O=C(NC(Cc1ccccc1)C(=O)N1CCCN(c2ccc(F)cc2)CC1)c1ccco1. The average Bonchev–Trinajstić information content (AvgIpc) is 3.25. The molecule has 1 saturated heterocycles. The maximum absolute atomic E-state index is 13.5. The molecule has 0 saturated carbocycles. The van der Waals surface area contributed by atoms with Gasteiger partial charge in [0.15, 0.2) is 5.76 Å². The summed E-state index contributed by atoms with van der Waals surface area (Å²) in [4.78, 5) is 30.0. The van der Waals surface area contributed by atoms with E-state index >= 15 is 0 Å². The minimum atomic E-state index is -0.702. The number of halogens is 1. The highest BCUT2D eigenvalue weighted by atomic mass is 19.1. The van der Waals surface area contributed by atoms with E-state index in [4.69, 9.17) is 4.42 Å². The zero-order chi connectivity index (χ0) is 22.3. The number of carbonyl (C=O) groups excluding carboxylic acids is 2. The van der Waals surface area contributed by atoms with Crippen molar-refractivity contribution >= 4 is 17.5 Å². The van der Waals surface area contributed by atoms with E-state index < -0.39 is 11.9 Å². The predicted octanol–water partition coefficient (Wildman–Crippen LogP) is 3.50. The Hall–Kier alpha value is -3.61. The summed E-state index contributed by atoms with van der Waals surface area (Å²) < 4.78 is 18.5. The summed E-state index contributed by atoms with van der Waals surface area (Å²) >= 11 is 0. The first-order valence-electron chi connectivity index (χ1n) is 10.8. The van der Waals surface area contributed by atoms with E-state index in [1.807, 2.05) is 30.3 Å². The number of furan rings is 1. The number of hydrogen-bond donors (Lipinski definition) is 1. The van der Waals surface area contributed by atoms with Crippen LogP contribution in [-0.2, 0) is 11.2 Å². The van der Waals surface area contributed by atoms with Crippen molar-refractivity contribution in [1.82, 2.24) is 10.2 Å². The summed E-state index contributed by atoms with van der Waals surface area (Å²) in [5.41, 5.74) is 1.90. The number of benzene rings is 2. The van der Waals surface area contributed by atoms with Crippen LogP contribution in [0.2, 0.25) is 0 Å². The topological polar surface area (TPSA) is 65.8 Å². The van der Waals surface area contributed by atoms with E-state index in [9.17, 15) is 14.0 Å². The van der Waals surface area contributed by atoms with Gasteiger partial charge in [-0.25, -0.2) is 4.39 Å². The van der Waals surface area contributed by atoms with Crippen LogP contribution in [0.25, 0.3) is 0 Å². The quantitative estimate of drug-likeness (QED) is 0.644. The van der Waals surface area contributed by atoms with Crippen LogP contribution in [0.3, 0.4) is 0 Å². The summed E-state index contributed by atoms with van der Waals surface area (Å²) in [6, 6.07) is 18.6. The highest BCUT2D eigenvalue weighted by Crippen LogP contribution is 2.18. The third-order valence-corrected chi connectivity index (χ3v) is 5.63. The average molecular weight is 435 g/mol. The lowest BCUT2D eigenvalue weighted by molar-refractivity contribution is -0.133. The van der Waals surface area contributed by atoms with Crippen molar-refractivity contribution in [3.63, 3.8) is 0 Å². The number of anilines is 1. The van der Waals surface area contributed by atoms with Gasteiger partial charge in [-0.05, 0) is 48.4 Å². The largest absolute Gasteiger partial charge is 0.459 e. The van der Waals surface area contributed by atoms with Gasteiger partial charge < -0.3 is 19.5 Å². The maximum Gasteiger partial charge on any atom is 0.287 e. The number of nitrogens with zero attached hydrogens (tertiary/aromatic N) is 2. The highest BCUT2D eigenvalue weighted by molar-refractivity contribution is 5.95. The molecule has 4 rings (SSSR count). The van der Waals surface area contributed by atoms with Crippen LogP contribution >= 0.6 is 0 Å². The van der Waals surface area contributed by atoms with E-state index in [2.05, 4.69) is 10.2 Å². The Bertz CT molecular complexity index is 1020. The van der Waals surface area contributed by atoms with Crippen molar-refractivity contribution in [3.05, 3.63) is 90.1 Å². The summed E-state index contributed by atoms with van der Waals surface area (Å²) in [5, 5.41) is 2.86. The van der Waals surface area contributed by atoms with Gasteiger partial charge in [-0.3, -0.25) is 9.59 Å². The zero-order valence-electron chi connectivity index (χ0n) is 17.7. The van der Waals surface area contributed by atoms with Crippen molar-refractivity contribution in [2.45, 2.75) is 18.9 Å². The molecule has 2 aromatic carbocycles. The minimum absolute atomic E-state index is 0.116. The Morgan fingerprint density at radius 3 is 2.44 bits per heavy atom. The van der Waals surface area contributed by atoms with Crippen molar-refractivity contribution in [1.29, 1.82) is 0 Å². The van der Waals surface area contributed by atoms with Crippen LogP contribution in [-0.4, -0.2) is 48.9 Å². The smallest absolute Gasteiger partial charge is 0.287 e. The van der Waals surface area contributed by atoms with Crippen LogP contribution in [0, 0.1) is 5.82 Å². The lowest BCUT2D eigenvalue weighted by Gasteiger charge is -2.27. The Kier molecular flexibility index (Phi) is 6.84. The van der Waals surface area contributed by atoms with Crippen molar-refractivity contribution in [2.24, 2.45) is 0 Å². The Balaban J connectivity index is 1.46. The third-order valence-electron chi connectivity index (χ3n) is 5.63. The Morgan fingerprint density at radius 2 is 1.72 bits per heavy atom. The normalized spacial score (nSPS) is 15.2. The van der Waals surface area contributed by atoms with Gasteiger partial charge in [0.2, 0.25) is 5.91 Å². The van der Waals surface area contributed by atoms with Crippen LogP contribution in [0.4, 0.5) is 10.1 Å². The second-order valence-corrected chi connectivity index (χ2v) is 7.84. The van der Waals surface area contributed by atoms with Crippen LogP contribution in [0.5, 0.6) is 0 Å². The molecule has 1 aliphatic heterocycles. The molecule has 1 N–H and O–H groups in total. The van der Waals surface area contributed by atoms with Gasteiger partial charge in [0.05, 0.1) is 6.26 Å². The highest BCUT2D eigenvalue weighted by Gasteiger charge is 2.28.